The van der Waals surface area contributed by atoms with Crippen molar-refractivity contribution in [3.05, 3.63) is 241 Å². The highest BCUT2D eigenvalue weighted by molar-refractivity contribution is 6.12. The number of fused-ring (bicyclic) bond motifs is 9. The first-order valence-electron chi connectivity index (χ1n) is 19.8. The van der Waals surface area contributed by atoms with E-state index in [1.165, 1.54) is 99.5 Å². The van der Waals surface area contributed by atoms with Gasteiger partial charge in [0.15, 0.2) is 0 Å². The van der Waals surface area contributed by atoms with E-state index in [1.807, 2.05) is 0 Å². The Kier molecular flexibility index (Phi) is 6.88. The molecule has 11 aromatic rings. The van der Waals surface area contributed by atoms with E-state index in [1.54, 1.807) is 0 Å². The summed E-state index contributed by atoms with van der Waals surface area (Å²) >= 11 is 0. The zero-order chi connectivity index (χ0) is 37.5. The highest BCUT2D eigenvalue weighted by atomic mass is 15.0. The van der Waals surface area contributed by atoms with Crippen molar-refractivity contribution >= 4 is 43.6 Å². The van der Waals surface area contributed by atoms with Crippen LogP contribution in [0.1, 0.15) is 22.3 Å². The van der Waals surface area contributed by atoms with E-state index in [2.05, 4.69) is 228 Å². The predicted molar refractivity (Wildman–Crippen MR) is 238 cm³/mol. The predicted octanol–water partition coefficient (Wildman–Crippen LogP) is 13.9. The minimum atomic E-state index is -0.519. The largest absolute Gasteiger partial charge is 0.309 e. The van der Waals surface area contributed by atoms with Gasteiger partial charge in [0.05, 0.1) is 33.2 Å². The molecular weight excluding hydrogens is 689 g/mol. The summed E-state index contributed by atoms with van der Waals surface area (Å²) in [6.45, 7) is 0. The van der Waals surface area contributed by atoms with Crippen LogP contribution in [0.5, 0.6) is 0 Å². The SMILES string of the molecule is c1ccc(-n2c3ccccc3c3ccc(-c4ccc5c(c4)c4ccccc4n5-c4ccccc4C4(c5ccccc5)c5ccccc5-c5ccccc54)cc32)cc1. The smallest absolute Gasteiger partial charge is 0.0733 e. The van der Waals surface area contributed by atoms with Gasteiger partial charge < -0.3 is 9.13 Å². The second-order valence-electron chi connectivity index (χ2n) is 15.2. The van der Waals surface area contributed by atoms with Crippen molar-refractivity contribution in [2.75, 3.05) is 0 Å². The Morgan fingerprint density at radius 3 is 1.51 bits per heavy atom. The van der Waals surface area contributed by atoms with E-state index in [9.17, 15) is 0 Å². The molecule has 0 saturated heterocycles. The molecule has 1 aliphatic rings. The second kappa shape index (κ2) is 12.3. The normalized spacial score (nSPS) is 13.1. The van der Waals surface area contributed by atoms with E-state index >= 15 is 0 Å². The molecule has 0 unspecified atom stereocenters. The standard InChI is InChI=1S/C55H36N2/c1-3-17-39(18-4-1)55(47-25-11-7-21-41(47)42-22-8-12-26-48(42)55)49-27-13-16-30-53(49)57-51-29-15-10-24-44(51)46-35-37(32-34-52(46)57)38-31-33-45-43-23-9-14-28-50(43)56(54(45)36-38)40-19-5-2-6-20-40/h1-36H. The first-order valence-corrected chi connectivity index (χ1v) is 19.8. The molecule has 0 spiro atoms. The lowest BCUT2D eigenvalue weighted by Gasteiger charge is -2.35. The van der Waals surface area contributed by atoms with E-state index in [4.69, 9.17) is 0 Å². The van der Waals surface area contributed by atoms with Gasteiger partial charge in [-0.15, -0.1) is 0 Å². The van der Waals surface area contributed by atoms with Crippen molar-refractivity contribution in [1.82, 2.24) is 9.13 Å². The van der Waals surface area contributed by atoms with Gasteiger partial charge in [-0.05, 0) is 93.0 Å². The van der Waals surface area contributed by atoms with Gasteiger partial charge in [-0.3, -0.25) is 0 Å². The van der Waals surface area contributed by atoms with Crippen molar-refractivity contribution in [3.63, 3.8) is 0 Å². The van der Waals surface area contributed by atoms with Crippen LogP contribution in [0.4, 0.5) is 0 Å². The van der Waals surface area contributed by atoms with Crippen molar-refractivity contribution in [1.29, 1.82) is 0 Å². The van der Waals surface area contributed by atoms with Gasteiger partial charge in [-0.1, -0.05) is 170 Å². The molecule has 12 rings (SSSR count). The molecule has 9 aromatic carbocycles. The summed E-state index contributed by atoms with van der Waals surface area (Å²) < 4.78 is 4.91. The Hall–Kier alpha value is -7.42. The molecule has 0 aliphatic heterocycles. The average molecular weight is 725 g/mol. The van der Waals surface area contributed by atoms with Gasteiger partial charge in [0.25, 0.3) is 0 Å². The van der Waals surface area contributed by atoms with Gasteiger partial charge in [0.2, 0.25) is 0 Å². The van der Waals surface area contributed by atoms with Gasteiger partial charge in [0.1, 0.15) is 0 Å². The van der Waals surface area contributed by atoms with Crippen LogP contribution >= 0.6 is 0 Å². The van der Waals surface area contributed by atoms with E-state index < -0.39 is 5.41 Å². The van der Waals surface area contributed by atoms with Crippen molar-refractivity contribution in [2.24, 2.45) is 0 Å². The van der Waals surface area contributed by atoms with Gasteiger partial charge in [-0.25, -0.2) is 0 Å². The van der Waals surface area contributed by atoms with Crippen LogP contribution < -0.4 is 0 Å². The summed E-state index contributed by atoms with van der Waals surface area (Å²) in [6.07, 6.45) is 0. The van der Waals surface area contributed by atoms with Crippen LogP contribution in [0.3, 0.4) is 0 Å². The maximum Gasteiger partial charge on any atom is 0.0733 e. The van der Waals surface area contributed by atoms with Crippen LogP contribution in [0, 0.1) is 0 Å². The van der Waals surface area contributed by atoms with Gasteiger partial charge in [-0.2, -0.15) is 0 Å². The third kappa shape index (κ3) is 4.47. The summed E-state index contributed by atoms with van der Waals surface area (Å²) in [4.78, 5) is 0. The fourth-order valence-electron chi connectivity index (χ4n) is 10.1. The van der Waals surface area contributed by atoms with E-state index in [0.29, 0.717) is 0 Å². The Bertz CT molecular complexity index is 3300. The number of para-hydroxylation sites is 4. The van der Waals surface area contributed by atoms with Crippen molar-refractivity contribution < 1.29 is 0 Å². The van der Waals surface area contributed by atoms with Crippen LogP contribution in [-0.2, 0) is 5.41 Å². The summed E-state index contributed by atoms with van der Waals surface area (Å²) in [7, 11) is 0. The Labute approximate surface area is 331 Å². The molecule has 57 heavy (non-hydrogen) atoms. The quantitative estimate of drug-likeness (QED) is 0.167. The number of benzene rings is 9. The highest BCUT2D eigenvalue weighted by Gasteiger charge is 2.47. The summed E-state index contributed by atoms with van der Waals surface area (Å²) in [5.41, 5.74) is 16.8. The van der Waals surface area contributed by atoms with Gasteiger partial charge >= 0.3 is 0 Å². The molecule has 2 nitrogen and oxygen atoms in total. The van der Waals surface area contributed by atoms with Crippen LogP contribution in [0.15, 0.2) is 218 Å². The minimum Gasteiger partial charge on any atom is -0.309 e. The zero-order valence-electron chi connectivity index (χ0n) is 31.2. The monoisotopic (exact) mass is 724 g/mol. The molecule has 266 valence electrons. The summed E-state index contributed by atoms with van der Waals surface area (Å²) in [6, 6.07) is 80.6. The molecule has 2 heteroatoms. The van der Waals surface area contributed by atoms with Crippen molar-refractivity contribution in [2.45, 2.75) is 5.41 Å². The molecule has 0 fully saturated rings. The molecule has 2 heterocycles. The molecule has 0 atom stereocenters. The molecule has 2 aromatic heterocycles. The molecule has 0 radical (unpaired) electrons. The van der Waals surface area contributed by atoms with E-state index in [-0.39, 0.29) is 0 Å². The van der Waals surface area contributed by atoms with Gasteiger partial charge in [0, 0.05) is 27.2 Å². The number of hydrogen-bond donors (Lipinski definition) is 0. The lowest BCUT2D eigenvalue weighted by Crippen LogP contribution is -2.30. The fourth-order valence-corrected chi connectivity index (χ4v) is 10.1. The van der Waals surface area contributed by atoms with Crippen LogP contribution in [0.25, 0.3) is 77.2 Å². The van der Waals surface area contributed by atoms with E-state index in [0.717, 1.165) is 0 Å². The zero-order valence-corrected chi connectivity index (χ0v) is 31.2. The van der Waals surface area contributed by atoms with Crippen LogP contribution in [-0.4, -0.2) is 9.13 Å². The Morgan fingerprint density at radius 1 is 0.298 bits per heavy atom. The summed E-state index contributed by atoms with van der Waals surface area (Å²) in [5.74, 6) is 0. The second-order valence-corrected chi connectivity index (χ2v) is 15.2. The number of hydrogen-bond acceptors (Lipinski definition) is 0. The maximum absolute atomic E-state index is 2.51. The third-order valence-corrected chi connectivity index (χ3v) is 12.4. The summed E-state index contributed by atoms with van der Waals surface area (Å²) in [5, 5.41) is 5.00. The Morgan fingerprint density at radius 2 is 0.789 bits per heavy atom. The first-order chi connectivity index (χ1) is 28.3. The van der Waals surface area contributed by atoms with Crippen molar-refractivity contribution in [3.8, 4) is 33.6 Å². The number of rotatable bonds is 5. The highest BCUT2D eigenvalue weighted by Crippen LogP contribution is 2.57. The van der Waals surface area contributed by atoms with Crippen LogP contribution in [0.2, 0.25) is 0 Å². The molecule has 0 bridgehead atoms. The number of aromatic nitrogens is 2. The lowest BCUT2D eigenvalue weighted by molar-refractivity contribution is 0.761. The maximum atomic E-state index is 2.51. The minimum absolute atomic E-state index is 0.519. The topological polar surface area (TPSA) is 9.86 Å². The average Bonchev–Trinajstić information content (AvgIpc) is 3.91. The molecule has 1 aliphatic carbocycles. The number of nitrogens with zero attached hydrogens (tertiary/aromatic N) is 2. The molecule has 0 saturated carbocycles. The molecular formula is C55H36N2. The lowest BCUT2D eigenvalue weighted by atomic mass is 9.67. The fraction of sp³-hybridized carbons (Fsp3) is 0.0182. The third-order valence-electron chi connectivity index (χ3n) is 12.4. The molecule has 0 amide bonds. The first kappa shape index (κ1) is 31.9. The Balaban J connectivity index is 1.11. The molecule has 0 N–H and O–H groups in total.